The SMILES string of the molecule is CCC(C)(C)C(=O)SCCO[PH](=O)OC[C@H]1O[C@@H](n2cnc3c(=O)[nH]c(NC(c4ccccc4)(c4ccccc4)c4ccc(OC)cc4)nc32)[C@@]2(C)OC(OC)OC12. The minimum Gasteiger partial charge on any atom is -0.497 e. The summed E-state index contributed by atoms with van der Waals surface area (Å²) in [5.41, 5.74) is -0.255. The van der Waals surface area contributed by atoms with Crippen molar-refractivity contribution in [2.75, 3.05) is 38.5 Å². The summed E-state index contributed by atoms with van der Waals surface area (Å²) < 4.78 is 55.3. The fourth-order valence-electron chi connectivity index (χ4n) is 7.22. The quantitative estimate of drug-likeness (QED) is 0.0579. The molecule has 0 radical (unpaired) electrons. The summed E-state index contributed by atoms with van der Waals surface area (Å²) in [6, 6.07) is 27.5. The molecule has 0 saturated carbocycles. The molecular formula is C41H48N5O10PS. The highest BCUT2D eigenvalue weighted by Crippen LogP contribution is 2.49. The zero-order chi connectivity index (χ0) is 41.1. The molecule has 7 rings (SSSR count). The van der Waals surface area contributed by atoms with Gasteiger partial charge in [-0.1, -0.05) is 105 Å². The Hall–Kier alpha value is -4.38. The molecule has 2 aliphatic heterocycles. The smallest absolute Gasteiger partial charge is 0.319 e. The van der Waals surface area contributed by atoms with Crippen molar-refractivity contribution in [1.82, 2.24) is 19.5 Å². The number of nitrogens with one attached hydrogen (secondary N) is 2. The third-order valence-electron chi connectivity index (χ3n) is 10.8. The Kier molecular flexibility index (Phi) is 12.6. The standard InChI is InChI=1S/C41H48N5O10PS/c1-7-39(2,3)36(48)58-23-22-52-57(49)53-24-30-32-40(4,56-38(51-6)55-32)35(54-30)46-25-42-31-33(46)43-37(44-34(31)47)45-41(26-14-10-8-11-15-26,27-16-12-9-13-17-27)28-18-20-29(50-5)21-19-28/h8-21,25,30,32,35,38,57H,7,22-24H2,1-6H3,(H2,43,44,45,47)/t30-,32?,35-,38?,40+/m1/s1. The molecule has 2 fully saturated rings. The highest BCUT2D eigenvalue weighted by atomic mass is 32.2. The minimum absolute atomic E-state index is 0.0466. The lowest BCUT2D eigenvalue weighted by molar-refractivity contribution is -0.268. The fourth-order valence-corrected chi connectivity index (χ4v) is 8.90. The van der Waals surface area contributed by atoms with E-state index in [1.807, 2.05) is 106 Å². The average molecular weight is 834 g/mol. The first kappa shape index (κ1) is 41.8. The molecule has 5 aromatic rings. The molecule has 0 spiro atoms. The third-order valence-corrected chi connectivity index (χ3v) is 12.8. The molecule has 0 bridgehead atoms. The van der Waals surface area contributed by atoms with E-state index in [1.54, 1.807) is 18.6 Å². The van der Waals surface area contributed by atoms with E-state index in [4.69, 9.17) is 37.7 Å². The summed E-state index contributed by atoms with van der Waals surface area (Å²) in [5.74, 6) is 1.19. The van der Waals surface area contributed by atoms with E-state index in [-0.39, 0.29) is 35.4 Å². The van der Waals surface area contributed by atoms with Crippen LogP contribution in [0.1, 0.15) is 57.0 Å². The Balaban J connectivity index is 1.19. The summed E-state index contributed by atoms with van der Waals surface area (Å²) >= 11 is 1.14. The summed E-state index contributed by atoms with van der Waals surface area (Å²) in [6.45, 7) is 6.40. The van der Waals surface area contributed by atoms with Crippen LogP contribution in [0, 0.1) is 5.41 Å². The number of imidazole rings is 1. The molecule has 2 saturated heterocycles. The number of hydrogen-bond acceptors (Lipinski definition) is 14. The average Bonchev–Trinajstić information content (AvgIpc) is 3.90. The Morgan fingerprint density at radius 3 is 2.26 bits per heavy atom. The number of carbonyl (C=O) groups excluding carboxylic acids is 1. The maximum atomic E-state index is 13.8. The molecule has 3 aromatic carbocycles. The maximum Gasteiger partial charge on any atom is 0.319 e. The highest BCUT2D eigenvalue weighted by Gasteiger charge is 2.63. The van der Waals surface area contributed by atoms with Crippen molar-refractivity contribution in [3.63, 3.8) is 0 Å². The second-order valence-electron chi connectivity index (χ2n) is 14.8. The number of aromatic amines is 1. The van der Waals surface area contributed by atoms with Crippen molar-refractivity contribution in [2.45, 2.75) is 70.2 Å². The van der Waals surface area contributed by atoms with Crippen molar-refractivity contribution >= 4 is 42.2 Å². The lowest BCUT2D eigenvalue weighted by atomic mass is 9.77. The molecule has 2 aliphatic rings. The van der Waals surface area contributed by atoms with E-state index >= 15 is 0 Å². The molecule has 2 aromatic heterocycles. The van der Waals surface area contributed by atoms with Crippen molar-refractivity contribution in [3.8, 4) is 5.75 Å². The van der Waals surface area contributed by atoms with Crippen LogP contribution in [0.3, 0.4) is 0 Å². The van der Waals surface area contributed by atoms with Gasteiger partial charge >= 0.3 is 8.25 Å². The van der Waals surface area contributed by atoms with Crippen molar-refractivity contribution in [3.05, 3.63) is 118 Å². The molecule has 58 heavy (non-hydrogen) atoms. The number of rotatable bonds is 17. The minimum atomic E-state index is -2.96. The van der Waals surface area contributed by atoms with Gasteiger partial charge in [-0.05, 0) is 42.2 Å². The van der Waals surface area contributed by atoms with Crippen LogP contribution in [0.2, 0.25) is 0 Å². The van der Waals surface area contributed by atoms with Gasteiger partial charge in [-0.3, -0.25) is 23.7 Å². The molecule has 0 amide bonds. The molecule has 17 heteroatoms. The highest BCUT2D eigenvalue weighted by molar-refractivity contribution is 8.13. The number of nitrogens with zero attached hydrogens (tertiary/aromatic N) is 3. The molecule has 6 atom stereocenters. The van der Waals surface area contributed by atoms with E-state index in [0.29, 0.717) is 17.9 Å². The van der Waals surface area contributed by atoms with Gasteiger partial charge in [0.25, 0.3) is 12.0 Å². The van der Waals surface area contributed by atoms with Crippen molar-refractivity contribution in [1.29, 1.82) is 0 Å². The largest absolute Gasteiger partial charge is 0.497 e. The Morgan fingerprint density at radius 2 is 1.64 bits per heavy atom. The third kappa shape index (κ3) is 8.12. The van der Waals surface area contributed by atoms with Crippen LogP contribution < -0.4 is 15.6 Å². The lowest BCUT2D eigenvalue weighted by Gasteiger charge is -2.37. The first-order chi connectivity index (χ1) is 27.9. The predicted molar refractivity (Wildman–Crippen MR) is 219 cm³/mol. The summed E-state index contributed by atoms with van der Waals surface area (Å²) in [5, 5.41) is 3.67. The van der Waals surface area contributed by atoms with Gasteiger partial charge in [-0.2, -0.15) is 4.98 Å². The normalized spacial score (nSPS) is 22.5. The maximum absolute atomic E-state index is 13.8. The molecule has 15 nitrogen and oxygen atoms in total. The number of carbonyl (C=O) groups is 1. The molecule has 3 unspecified atom stereocenters. The van der Waals surface area contributed by atoms with Crippen LogP contribution in [-0.4, -0.2) is 82.1 Å². The number of benzene rings is 3. The number of H-pyrrole nitrogens is 1. The van der Waals surface area contributed by atoms with Crippen LogP contribution in [0.25, 0.3) is 11.2 Å². The zero-order valence-corrected chi connectivity index (χ0v) is 34.9. The topological polar surface area (TPSA) is 174 Å². The summed E-state index contributed by atoms with van der Waals surface area (Å²) in [4.78, 5) is 38.6. The van der Waals surface area contributed by atoms with Crippen LogP contribution in [0.5, 0.6) is 5.75 Å². The number of hydrogen-bond donors (Lipinski definition) is 2. The summed E-state index contributed by atoms with van der Waals surface area (Å²) in [6.07, 6.45) is -0.319. The number of fused-ring (bicyclic) bond motifs is 2. The number of aromatic nitrogens is 4. The van der Waals surface area contributed by atoms with Crippen molar-refractivity contribution < 1.29 is 42.1 Å². The van der Waals surface area contributed by atoms with Gasteiger partial charge in [0.1, 0.15) is 29.1 Å². The van der Waals surface area contributed by atoms with Crippen LogP contribution in [-0.2, 0) is 42.9 Å². The van der Waals surface area contributed by atoms with Crippen LogP contribution in [0.15, 0.2) is 96.1 Å². The molecular weight excluding hydrogens is 786 g/mol. The van der Waals surface area contributed by atoms with Gasteiger partial charge < -0.3 is 38.0 Å². The molecule has 2 N–H and O–H groups in total. The van der Waals surface area contributed by atoms with Gasteiger partial charge in [0.2, 0.25) is 5.95 Å². The fraction of sp³-hybridized carbons (Fsp3) is 0.415. The van der Waals surface area contributed by atoms with E-state index in [9.17, 15) is 14.2 Å². The van der Waals surface area contributed by atoms with E-state index < -0.39 is 55.3 Å². The number of ether oxygens (including phenoxy) is 5. The predicted octanol–water partition coefficient (Wildman–Crippen LogP) is 6.65. The molecule has 4 heterocycles. The van der Waals surface area contributed by atoms with Gasteiger partial charge in [0.15, 0.2) is 22.5 Å². The van der Waals surface area contributed by atoms with Crippen molar-refractivity contribution in [2.24, 2.45) is 5.41 Å². The van der Waals surface area contributed by atoms with Crippen LogP contribution in [0.4, 0.5) is 5.95 Å². The van der Waals surface area contributed by atoms with Gasteiger partial charge in [-0.25, -0.2) is 4.98 Å². The number of anilines is 1. The summed E-state index contributed by atoms with van der Waals surface area (Å²) in [7, 11) is 0.106. The lowest BCUT2D eigenvalue weighted by Crippen LogP contribution is -2.42. The second kappa shape index (κ2) is 17.5. The molecule has 308 valence electrons. The van der Waals surface area contributed by atoms with E-state index in [2.05, 4.69) is 15.3 Å². The first-order valence-electron chi connectivity index (χ1n) is 18.9. The monoisotopic (exact) mass is 833 g/mol. The van der Waals surface area contributed by atoms with Gasteiger partial charge in [0, 0.05) is 18.3 Å². The van der Waals surface area contributed by atoms with Gasteiger partial charge in [-0.15, -0.1) is 0 Å². The Labute approximate surface area is 341 Å². The molecule has 0 aliphatic carbocycles. The van der Waals surface area contributed by atoms with Crippen LogP contribution >= 0.6 is 20.0 Å². The van der Waals surface area contributed by atoms with Gasteiger partial charge in [0.05, 0.1) is 26.7 Å². The van der Waals surface area contributed by atoms with E-state index in [0.717, 1.165) is 28.5 Å². The Morgan fingerprint density at radius 1 is 0.983 bits per heavy atom. The second-order valence-corrected chi connectivity index (χ2v) is 16.9. The number of thioether (sulfide) groups is 1. The number of methoxy groups -OCH3 is 2. The zero-order valence-electron chi connectivity index (χ0n) is 33.1. The first-order valence-corrected chi connectivity index (χ1v) is 21.1. The Bertz CT molecular complexity index is 2240. The van der Waals surface area contributed by atoms with E-state index in [1.165, 1.54) is 13.4 Å².